The summed E-state index contributed by atoms with van der Waals surface area (Å²) in [5.74, 6) is 0.892. The fourth-order valence-electron chi connectivity index (χ4n) is 2.92. The molecule has 0 saturated carbocycles. The first-order valence-corrected chi connectivity index (χ1v) is 11.1. The van der Waals surface area contributed by atoms with E-state index < -0.39 is 0 Å². The zero-order chi connectivity index (χ0) is 22.2. The number of nitrogens with zero attached hydrogens (tertiary/aromatic N) is 2. The number of amides is 1. The highest BCUT2D eigenvalue weighted by atomic mass is 79.9. The zero-order valence-electron chi connectivity index (χ0n) is 16.9. The minimum Gasteiger partial charge on any atom is -0.493 e. The smallest absolute Gasteiger partial charge is 0.254 e. The number of ether oxygens (including phenoxy) is 3. The number of rotatable bonds is 8. The Labute approximate surface area is 199 Å². The Morgan fingerprint density at radius 3 is 2.74 bits per heavy atom. The van der Waals surface area contributed by atoms with Crippen LogP contribution in [-0.4, -0.2) is 57.0 Å². The summed E-state index contributed by atoms with van der Waals surface area (Å²) in [6, 6.07) is 8.92. The van der Waals surface area contributed by atoms with Gasteiger partial charge in [0.2, 0.25) is 0 Å². The van der Waals surface area contributed by atoms with Crippen LogP contribution in [-0.2, 0) is 16.1 Å². The topological polar surface area (TPSA) is 72.4 Å². The molecule has 1 N–H and O–H groups in total. The van der Waals surface area contributed by atoms with Crippen molar-refractivity contribution in [2.45, 2.75) is 6.61 Å². The molecule has 0 bridgehead atoms. The van der Waals surface area contributed by atoms with Gasteiger partial charge in [0.05, 0.1) is 47.6 Å². The van der Waals surface area contributed by atoms with Crippen LogP contribution in [0.5, 0.6) is 11.5 Å². The van der Waals surface area contributed by atoms with Crippen LogP contribution in [0.4, 0.5) is 0 Å². The Hall–Kier alpha value is -1.84. The van der Waals surface area contributed by atoms with Gasteiger partial charge in [0.25, 0.3) is 5.91 Å². The van der Waals surface area contributed by atoms with Crippen molar-refractivity contribution >= 4 is 51.3 Å². The average Bonchev–Trinajstić information content (AvgIpc) is 2.75. The summed E-state index contributed by atoms with van der Waals surface area (Å²) in [7, 11) is 1.55. The van der Waals surface area contributed by atoms with E-state index in [9.17, 15) is 4.79 Å². The summed E-state index contributed by atoms with van der Waals surface area (Å²) in [6.45, 7) is 3.34. The average molecular weight is 531 g/mol. The molecule has 10 heteroatoms. The van der Waals surface area contributed by atoms with Crippen molar-refractivity contribution in [2.24, 2.45) is 5.10 Å². The van der Waals surface area contributed by atoms with Crippen LogP contribution in [0.2, 0.25) is 10.0 Å². The van der Waals surface area contributed by atoms with E-state index in [2.05, 4.69) is 26.5 Å². The lowest BCUT2D eigenvalue weighted by atomic mass is 10.2. The van der Waals surface area contributed by atoms with Crippen LogP contribution in [0.1, 0.15) is 11.1 Å². The molecular weight excluding hydrogens is 509 g/mol. The third-order valence-corrected chi connectivity index (χ3v) is 5.82. The molecule has 0 aliphatic carbocycles. The van der Waals surface area contributed by atoms with Gasteiger partial charge in [-0.15, -0.1) is 0 Å². The molecule has 31 heavy (non-hydrogen) atoms. The monoisotopic (exact) mass is 529 g/mol. The lowest BCUT2D eigenvalue weighted by molar-refractivity contribution is -0.123. The largest absolute Gasteiger partial charge is 0.493 e. The summed E-state index contributed by atoms with van der Waals surface area (Å²) in [4.78, 5) is 14.1. The maximum absolute atomic E-state index is 12.0. The van der Waals surface area contributed by atoms with Gasteiger partial charge in [0.15, 0.2) is 11.5 Å². The highest BCUT2D eigenvalue weighted by Gasteiger charge is 2.14. The molecular formula is C21H22BrCl2N3O4. The molecule has 166 valence electrons. The van der Waals surface area contributed by atoms with E-state index in [-0.39, 0.29) is 19.1 Å². The summed E-state index contributed by atoms with van der Waals surface area (Å²) < 4.78 is 17.3. The van der Waals surface area contributed by atoms with E-state index >= 15 is 0 Å². The number of hydrogen-bond acceptors (Lipinski definition) is 6. The number of methoxy groups -OCH3 is 1. The number of carbonyl (C=O) groups is 1. The second-order valence-corrected chi connectivity index (χ2v) is 8.42. The van der Waals surface area contributed by atoms with E-state index in [1.807, 2.05) is 17.0 Å². The van der Waals surface area contributed by atoms with E-state index in [0.29, 0.717) is 39.2 Å². The summed E-state index contributed by atoms with van der Waals surface area (Å²) >= 11 is 15.5. The number of morpholine rings is 1. The molecule has 1 aliphatic heterocycles. The molecule has 1 fully saturated rings. The normalized spacial score (nSPS) is 14.6. The van der Waals surface area contributed by atoms with Crippen molar-refractivity contribution in [1.29, 1.82) is 0 Å². The highest BCUT2D eigenvalue weighted by molar-refractivity contribution is 9.10. The van der Waals surface area contributed by atoms with E-state index in [1.165, 1.54) is 0 Å². The van der Waals surface area contributed by atoms with Crippen molar-refractivity contribution in [3.63, 3.8) is 0 Å². The van der Waals surface area contributed by atoms with Crippen LogP contribution in [0.15, 0.2) is 39.9 Å². The molecule has 1 amide bonds. The predicted octanol–water partition coefficient (Wildman–Crippen LogP) is 4.13. The van der Waals surface area contributed by atoms with Crippen molar-refractivity contribution in [3.8, 4) is 11.5 Å². The molecule has 0 atom stereocenters. The van der Waals surface area contributed by atoms with Gasteiger partial charge in [-0.05, 0) is 51.3 Å². The second-order valence-electron chi connectivity index (χ2n) is 6.75. The number of nitrogens with one attached hydrogen (secondary N) is 1. The Balaban J connectivity index is 1.60. The Morgan fingerprint density at radius 2 is 2.03 bits per heavy atom. The van der Waals surface area contributed by atoms with E-state index in [4.69, 9.17) is 37.4 Å². The maximum Gasteiger partial charge on any atom is 0.254 e. The van der Waals surface area contributed by atoms with Crippen LogP contribution in [0.3, 0.4) is 0 Å². The molecule has 0 spiro atoms. The number of benzene rings is 2. The Morgan fingerprint density at radius 1 is 1.26 bits per heavy atom. The number of carbonyl (C=O) groups excluding carboxylic acids is 1. The zero-order valence-corrected chi connectivity index (χ0v) is 20.0. The lowest BCUT2D eigenvalue weighted by Gasteiger charge is -2.25. The fourth-order valence-corrected chi connectivity index (χ4v) is 3.81. The third kappa shape index (κ3) is 7.08. The second kappa shape index (κ2) is 11.7. The molecule has 1 heterocycles. The van der Waals surface area contributed by atoms with Gasteiger partial charge in [-0.3, -0.25) is 9.69 Å². The van der Waals surface area contributed by atoms with Gasteiger partial charge in [0.1, 0.15) is 6.61 Å². The molecule has 3 rings (SSSR count). The summed E-state index contributed by atoms with van der Waals surface area (Å²) in [5, 5.41) is 5.00. The van der Waals surface area contributed by atoms with Crippen LogP contribution in [0.25, 0.3) is 0 Å². The van der Waals surface area contributed by atoms with Gasteiger partial charge in [0, 0.05) is 13.1 Å². The highest BCUT2D eigenvalue weighted by Crippen LogP contribution is 2.37. The van der Waals surface area contributed by atoms with Gasteiger partial charge >= 0.3 is 0 Å². The third-order valence-electron chi connectivity index (χ3n) is 4.49. The predicted molar refractivity (Wildman–Crippen MR) is 124 cm³/mol. The first-order valence-electron chi connectivity index (χ1n) is 9.52. The van der Waals surface area contributed by atoms with Crippen molar-refractivity contribution in [2.75, 3.05) is 40.0 Å². The Kier molecular flexibility index (Phi) is 8.98. The quantitative estimate of drug-likeness (QED) is 0.410. The van der Waals surface area contributed by atoms with Crippen molar-refractivity contribution < 1.29 is 19.0 Å². The fraction of sp³-hybridized carbons (Fsp3) is 0.333. The van der Waals surface area contributed by atoms with Crippen molar-refractivity contribution in [1.82, 2.24) is 10.3 Å². The van der Waals surface area contributed by atoms with Gasteiger partial charge in [-0.1, -0.05) is 29.3 Å². The molecule has 0 aromatic heterocycles. The number of hydrazone groups is 1. The molecule has 1 aliphatic rings. The van der Waals surface area contributed by atoms with E-state index in [1.54, 1.807) is 31.5 Å². The molecule has 2 aromatic rings. The molecule has 0 radical (unpaired) electrons. The van der Waals surface area contributed by atoms with Gasteiger partial charge in [-0.2, -0.15) is 5.10 Å². The molecule has 7 nitrogen and oxygen atoms in total. The number of halogens is 3. The van der Waals surface area contributed by atoms with Crippen LogP contribution >= 0.6 is 39.1 Å². The lowest BCUT2D eigenvalue weighted by Crippen LogP contribution is -2.42. The van der Waals surface area contributed by atoms with Crippen LogP contribution in [0, 0.1) is 0 Å². The van der Waals surface area contributed by atoms with Gasteiger partial charge in [-0.25, -0.2) is 5.43 Å². The van der Waals surface area contributed by atoms with Gasteiger partial charge < -0.3 is 14.2 Å². The molecule has 1 saturated heterocycles. The maximum atomic E-state index is 12.0. The SMILES string of the molecule is COc1cc(/C=N/NC(=O)CN2CCOCC2)cc(Br)c1OCc1ccc(Cl)c(Cl)c1. The summed E-state index contributed by atoms with van der Waals surface area (Å²) in [5.41, 5.74) is 4.15. The molecule has 0 unspecified atom stereocenters. The number of hydrogen-bond donors (Lipinski definition) is 1. The molecule has 2 aromatic carbocycles. The first-order chi connectivity index (χ1) is 15.0. The van der Waals surface area contributed by atoms with Crippen molar-refractivity contribution in [3.05, 3.63) is 56.0 Å². The summed E-state index contributed by atoms with van der Waals surface area (Å²) in [6.07, 6.45) is 1.55. The van der Waals surface area contributed by atoms with Crippen LogP contribution < -0.4 is 14.9 Å². The minimum absolute atomic E-state index is 0.175. The van der Waals surface area contributed by atoms with E-state index in [0.717, 1.165) is 24.2 Å². The standard InChI is InChI=1S/C21H22BrCl2N3O4/c1-29-19-10-15(11-25-26-20(28)12-27-4-6-30-7-5-27)8-16(22)21(19)31-13-14-2-3-17(23)18(24)9-14/h2-3,8-11H,4-7,12-13H2,1H3,(H,26,28)/b25-11+. The first kappa shape index (κ1) is 23.8. The Bertz CT molecular complexity index is 952. The minimum atomic E-state index is -0.175.